The molecular weight excluding hydrogens is 193 g/mol. The Kier molecular flexibility index (Phi) is 3.34. The van der Waals surface area contributed by atoms with Crippen molar-refractivity contribution in [2.24, 2.45) is 0 Å². The van der Waals surface area contributed by atoms with Crippen molar-refractivity contribution in [3.05, 3.63) is 35.6 Å². The predicted octanol–water partition coefficient (Wildman–Crippen LogP) is 2.27. The molecule has 0 spiro atoms. The van der Waals surface area contributed by atoms with Crippen LogP contribution in [0.15, 0.2) is 24.3 Å². The summed E-state index contributed by atoms with van der Waals surface area (Å²) < 4.78 is 19.1. The van der Waals surface area contributed by atoms with Crippen LogP contribution < -0.4 is 5.32 Å². The Morgan fingerprint density at radius 3 is 2.93 bits per heavy atom. The Bertz CT molecular complexity index is 329. The molecule has 1 aliphatic rings. The average molecular weight is 209 g/mol. The Labute approximate surface area is 89.4 Å². The van der Waals surface area contributed by atoms with E-state index in [1.807, 2.05) is 13.1 Å². The molecule has 0 bridgehead atoms. The number of rotatable bonds is 2. The van der Waals surface area contributed by atoms with E-state index in [-0.39, 0.29) is 11.9 Å². The maximum atomic E-state index is 13.5. The first-order valence-electron chi connectivity index (χ1n) is 5.34. The molecule has 0 aliphatic carbocycles. The molecule has 1 aliphatic heterocycles. The highest BCUT2D eigenvalue weighted by Crippen LogP contribution is 2.29. The number of hydrogen-bond acceptors (Lipinski definition) is 2. The van der Waals surface area contributed by atoms with Gasteiger partial charge >= 0.3 is 0 Å². The summed E-state index contributed by atoms with van der Waals surface area (Å²) in [7, 11) is 1.94. The molecule has 0 saturated carbocycles. The van der Waals surface area contributed by atoms with Gasteiger partial charge in [0.15, 0.2) is 0 Å². The summed E-state index contributed by atoms with van der Waals surface area (Å²) in [5.74, 6) is -0.167. The van der Waals surface area contributed by atoms with Crippen molar-refractivity contribution in [1.29, 1.82) is 0 Å². The molecule has 0 aromatic heterocycles. The van der Waals surface area contributed by atoms with Gasteiger partial charge in [-0.25, -0.2) is 4.39 Å². The van der Waals surface area contributed by atoms with Gasteiger partial charge in [0, 0.05) is 18.2 Å². The smallest absolute Gasteiger partial charge is 0.129 e. The van der Waals surface area contributed by atoms with Crippen molar-refractivity contribution < 1.29 is 9.13 Å². The lowest BCUT2D eigenvalue weighted by atomic mass is 9.97. The van der Waals surface area contributed by atoms with Gasteiger partial charge in [-0.3, -0.25) is 0 Å². The zero-order valence-electron chi connectivity index (χ0n) is 8.87. The average Bonchev–Trinajstić information content (AvgIpc) is 2.30. The Morgan fingerprint density at radius 2 is 2.20 bits per heavy atom. The van der Waals surface area contributed by atoms with Gasteiger partial charge in [0.1, 0.15) is 5.82 Å². The lowest BCUT2D eigenvalue weighted by Gasteiger charge is -2.29. The third-order valence-electron chi connectivity index (χ3n) is 2.94. The van der Waals surface area contributed by atoms with E-state index < -0.39 is 0 Å². The van der Waals surface area contributed by atoms with Crippen LogP contribution >= 0.6 is 0 Å². The van der Waals surface area contributed by atoms with Gasteiger partial charge in [-0.05, 0) is 26.0 Å². The van der Waals surface area contributed by atoms with Gasteiger partial charge in [-0.1, -0.05) is 18.2 Å². The minimum atomic E-state index is -0.167. The number of halogens is 1. The molecule has 0 amide bonds. The summed E-state index contributed by atoms with van der Waals surface area (Å²) in [5, 5.41) is 3.22. The van der Waals surface area contributed by atoms with Crippen LogP contribution in [0.1, 0.15) is 24.5 Å². The molecular formula is C12H16FNO. The van der Waals surface area contributed by atoms with E-state index in [1.165, 1.54) is 6.07 Å². The van der Waals surface area contributed by atoms with Crippen molar-refractivity contribution in [2.45, 2.75) is 25.0 Å². The molecule has 0 radical (unpaired) electrons. The topological polar surface area (TPSA) is 21.3 Å². The van der Waals surface area contributed by atoms with Crippen molar-refractivity contribution >= 4 is 0 Å². The fourth-order valence-corrected chi connectivity index (χ4v) is 2.01. The Hall–Kier alpha value is -0.930. The predicted molar refractivity (Wildman–Crippen MR) is 57.2 cm³/mol. The van der Waals surface area contributed by atoms with Crippen molar-refractivity contribution in [3.63, 3.8) is 0 Å². The largest absolute Gasteiger partial charge is 0.373 e. The third-order valence-corrected chi connectivity index (χ3v) is 2.94. The fourth-order valence-electron chi connectivity index (χ4n) is 2.01. The van der Waals surface area contributed by atoms with E-state index >= 15 is 0 Å². The molecule has 1 fully saturated rings. The van der Waals surface area contributed by atoms with Gasteiger partial charge in [0.05, 0.1) is 6.10 Å². The SMILES string of the molecule is CNC1CCOC(c2ccccc2F)C1. The van der Waals surface area contributed by atoms with Gasteiger partial charge < -0.3 is 10.1 Å². The minimum Gasteiger partial charge on any atom is -0.373 e. The molecule has 2 nitrogen and oxygen atoms in total. The summed E-state index contributed by atoms with van der Waals surface area (Å²) in [6, 6.07) is 7.28. The molecule has 1 N–H and O–H groups in total. The molecule has 1 aromatic carbocycles. The normalized spacial score (nSPS) is 26.5. The van der Waals surface area contributed by atoms with Gasteiger partial charge in [-0.15, -0.1) is 0 Å². The zero-order chi connectivity index (χ0) is 10.7. The number of benzene rings is 1. The molecule has 15 heavy (non-hydrogen) atoms. The van der Waals surface area contributed by atoms with Crippen LogP contribution in [0.5, 0.6) is 0 Å². The molecule has 2 atom stereocenters. The van der Waals surface area contributed by atoms with Gasteiger partial charge in [0.2, 0.25) is 0 Å². The van der Waals surface area contributed by atoms with E-state index in [4.69, 9.17) is 4.74 Å². The maximum absolute atomic E-state index is 13.5. The summed E-state index contributed by atoms with van der Waals surface area (Å²) in [6.07, 6.45) is 1.75. The van der Waals surface area contributed by atoms with Gasteiger partial charge in [-0.2, -0.15) is 0 Å². The van der Waals surface area contributed by atoms with Gasteiger partial charge in [0.25, 0.3) is 0 Å². The molecule has 2 unspecified atom stereocenters. The van der Waals surface area contributed by atoms with E-state index in [1.54, 1.807) is 12.1 Å². The summed E-state index contributed by atoms with van der Waals surface area (Å²) in [5.41, 5.74) is 0.678. The first-order chi connectivity index (χ1) is 7.31. The first kappa shape index (κ1) is 10.6. The van der Waals surface area contributed by atoms with Crippen LogP contribution in [0.25, 0.3) is 0 Å². The zero-order valence-corrected chi connectivity index (χ0v) is 8.87. The molecule has 82 valence electrons. The van der Waals surface area contributed by atoms with Crippen LogP contribution in [-0.2, 0) is 4.74 Å². The highest BCUT2D eigenvalue weighted by molar-refractivity contribution is 5.20. The van der Waals surface area contributed by atoms with Crippen LogP contribution in [0.4, 0.5) is 4.39 Å². The Balaban J connectivity index is 2.13. The number of ether oxygens (including phenoxy) is 1. The van der Waals surface area contributed by atoms with Crippen LogP contribution in [-0.4, -0.2) is 19.7 Å². The molecule has 3 heteroatoms. The number of hydrogen-bond donors (Lipinski definition) is 1. The second-order valence-electron chi connectivity index (χ2n) is 3.89. The summed E-state index contributed by atoms with van der Waals surface area (Å²) in [6.45, 7) is 0.699. The molecule has 2 rings (SSSR count). The fraction of sp³-hybridized carbons (Fsp3) is 0.500. The molecule has 1 saturated heterocycles. The summed E-state index contributed by atoms with van der Waals surface area (Å²) >= 11 is 0. The lowest BCUT2D eigenvalue weighted by Crippen LogP contribution is -2.33. The van der Waals surface area contributed by atoms with E-state index in [9.17, 15) is 4.39 Å². The number of nitrogens with one attached hydrogen (secondary N) is 1. The van der Waals surface area contributed by atoms with Crippen LogP contribution in [0, 0.1) is 5.82 Å². The van der Waals surface area contributed by atoms with Crippen molar-refractivity contribution in [3.8, 4) is 0 Å². The maximum Gasteiger partial charge on any atom is 0.129 e. The van der Waals surface area contributed by atoms with Crippen LogP contribution in [0.3, 0.4) is 0 Å². The highest BCUT2D eigenvalue weighted by Gasteiger charge is 2.24. The Morgan fingerprint density at radius 1 is 1.40 bits per heavy atom. The summed E-state index contributed by atoms with van der Waals surface area (Å²) in [4.78, 5) is 0. The quantitative estimate of drug-likeness (QED) is 0.806. The van der Waals surface area contributed by atoms with E-state index in [0.717, 1.165) is 12.8 Å². The highest BCUT2D eigenvalue weighted by atomic mass is 19.1. The second kappa shape index (κ2) is 4.73. The van der Waals surface area contributed by atoms with E-state index in [2.05, 4.69) is 5.32 Å². The standard InChI is InChI=1S/C12H16FNO/c1-14-9-6-7-15-12(8-9)10-4-2-3-5-11(10)13/h2-5,9,12,14H,6-8H2,1H3. The van der Waals surface area contributed by atoms with E-state index in [0.29, 0.717) is 18.2 Å². The first-order valence-corrected chi connectivity index (χ1v) is 5.34. The van der Waals surface area contributed by atoms with Crippen LogP contribution in [0.2, 0.25) is 0 Å². The van der Waals surface area contributed by atoms with Crippen molar-refractivity contribution in [2.75, 3.05) is 13.7 Å². The second-order valence-corrected chi connectivity index (χ2v) is 3.89. The monoisotopic (exact) mass is 209 g/mol. The lowest BCUT2D eigenvalue weighted by molar-refractivity contribution is -0.000396. The molecule has 1 aromatic rings. The molecule has 1 heterocycles. The van der Waals surface area contributed by atoms with Crippen molar-refractivity contribution in [1.82, 2.24) is 5.32 Å². The minimum absolute atomic E-state index is 0.0996. The third kappa shape index (κ3) is 2.36.